The minimum absolute atomic E-state index is 0.181. The molecule has 0 saturated carbocycles. The Kier molecular flexibility index (Phi) is 3.97. The van der Waals surface area contributed by atoms with Crippen LogP contribution < -0.4 is 5.32 Å². The molecule has 0 bridgehead atoms. The predicted octanol–water partition coefficient (Wildman–Crippen LogP) is 0.609. The van der Waals surface area contributed by atoms with Gasteiger partial charge in [-0.3, -0.25) is 4.79 Å². The summed E-state index contributed by atoms with van der Waals surface area (Å²) in [5.74, 6) is 1.98. The van der Waals surface area contributed by atoms with Crippen molar-refractivity contribution in [2.24, 2.45) is 0 Å². The summed E-state index contributed by atoms with van der Waals surface area (Å²) in [7, 11) is 0. The van der Waals surface area contributed by atoms with E-state index in [4.69, 9.17) is 6.42 Å². The smallest absolute Gasteiger partial charge is 0.298 e. The average molecular weight is 194 g/mol. The summed E-state index contributed by atoms with van der Waals surface area (Å²) in [4.78, 5) is 13.2. The molecule has 0 aliphatic carbocycles. The number of hydrogen-bond acceptors (Lipinski definition) is 2. The van der Waals surface area contributed by atoms with Crippen LogP contribution in [0.25, 0.3) is 0 Å². The van der Waals surface area contributed by atoms with Crippen molar-refractivity contribution in [1.29, 1.82) is 0 Å². The van der Waals surface area contributed by atoms with Crippen molar-refractivity contribution in [3.63, 3.8) is 0 Å². The summed E-state index contributed by atoms with van der Waals surface area (Å²) in [6.07, 6.45) is 7.46. The number of rotatable bonds is 3. The fourth-order valence-corrected chi connectivity index (χ4v) is 1.76. The van der Waals surface area contributed by atoms with E-state index >= 15 is 0 Å². The molecule has 1 saturated heterocycles. The van der Waals surface area contributed by atoms with Crippen molar-refractivity contribution in [3.05, 3.63) is 0 Å². The third-order valence-corrected chi connectivity index (χ3v) is 2.59. The summed E-state index contributed by atoms with van der Waals surface area (Å²) in [6.45, 7) is 5.77. The van der Waals surface area contributed by atoms with Gasteiger partial charge >= 0.3 is 0 Å². The molecule has 0 spiro atoms. The van der Waals surface area contributed by atoms with E-state index in [1.807, 2.05) is 13.8 Å². The van der Waals surface area contributed by atoms with E-state index in [0.717, 1.165) is 19.5 Å². The molecule has 1 unspecified atom stereocenters. The van der Waals surface area contributed by atoms with Gasteiger partial charge in [0.05, 0.1) is 0 Å². The van der Waals surface area contributed by atoms with Crippen molar-refractivity contribution >= 4 is 5.91 Å². The molecule has 3 nitrogen and oxygen atoms in total. The van der Waals surface area contributed by atoms with Crippen LogP contribution in [0.2, 0.25) is 0 Å². The van der Waals surface area contributed by atoms with Crippen molar-refractivity contribution in [2.45, 2.75) is 38.8 Å². The quantitative estimate of drug-likeness (QED) is 0.668. The van der Waals surface area contributed by atoms with Gasteiger partial charge in [0.15, 0.2) is 0 Å². The highest BCUT2D eigenvalue weighted by Gasteiger charge is 2.22. The Bertz CT molecular complexity index is 236. The fourth-order valence-electron chi connectivity index (χ4n) is 1.76. The topological polar surface area (TPSA) is 32.3 Å². The minimum atomic E-state index is -0.200. The second kappa shape index (κ2) is 5.02. The Hall–Kier alpha value is -1.01. The van der Waals surface area contributed by atoms with Gasteiger partial charge in [-0.05, 0) is 39.2 Å². The second-order valence-corrected chi connectivity index (χ2v) is 3.99. The molecule has 1 fully saturated rings. The maximum atomic E-state index is 11.4. The first-order valence-electron chi connectivity index (χ1n) is 5.15. The van der Waals surface area contributed by atoms with Crippen LogP contribution in [0.1, 0.15) is 26.7 Å². The maximum Gasteiger partial charge on any atom is 0.298 e. The molecule has 1 aliphatic rings. The molecule has 0 aromatic rings. The third-order valence-electron chi connectivity index (χ3n) is 2.59. The lowest BCUT2D eigenvalue weighted by atomic mass is 10.2. The number of carbonyl (C=O) groups is 1. The number of hydrogen-bond donors (Lipinski definition) is 1. The first kappa shape index (κ1) is 11.1. The molecular formula is C11H18N2O. The molecule has 1 aliphatic heterocycles. The zero-order valence-corrected chi connectivity index (χ0v) is 8.92. The van der Waals surface area contributed by atoms with Crippen molar-refractivity contribution in [3.8, 4) is 12.3 Å². The first-order valence-corrected chi connectivity index (χ1v) is 5.15. The predicted molar refractivity (Wildman–Crippen MR) is 56.7 cm³/mol. The Labute approximate surface area is 85.9 Å². The lowest BCUT2D eigenvalue weighted by Crippen LogP contribution is -2.44. The van der Waals surface area contributed by atoms with E-state index in [1.54, 1.807) is 4.90 Å². The van der Waals surface area contributed by atoms with Gasteiger partial charge < -0.3 is 10.2 Å². The highest BCUT2D eigenvalue weighted by molar-refractivity contribution is 5.93. The zero-order chi connectivity index (χ0) is 10.6. The largest absolute Gasteiger partial charge is 0.328 e. The molecule has 0 aromatic carbocycles. The second-order valence-electron chi connectivity index (χ2n) is 3.99. The molecular weight excluding hydrogens is 176 g/mol. The fraction of sp³-hybridized carbons (Fsp3) is 0.727. The van der Waals surface area contributed by atoms with Crippen LogP contribution in [0.3, 0.4) is 0 Å². The molecule has 0 radical (unpaired) electrons. The van der Waals surface area contributed by atoms with Gasteiger partial charge in [0.25, 0.3) is 5.91 Å². The van der Waals surface area contributed by atoms with E-state index in [9.17, 15) is 4.79 Å². The lowest BCUT2D eigenvalue weighted by molar-refractivity contribution is -0.127. The lowest BCUT2D eigenvalue weighted by Gasteiger charge is -2.27. The van der Waals surface area contributed by atoms with Crippen LogP contribution >= 0.6 is 0 Å². The first-order chi connectivity index (χ1) is 6.65. The van der Waals surface area contributed by atoms with E-state index in [2.05, 4.69) is 11.2 Å². The number of terminal acetylenes is 1. The van der Waals surface area contributed by atoms with Gasteiger partial charge in [0, 0.05) is 18.6 Å². The van der Waals surface area contributed by atoms with Crippen LogP contribution in [-0.4, -0.2) is 36.0 Å². The summed E-state index contributed by atoms with van der Waals surface area (Å²) in [6, 6.07) is 0.607. The number of amides is 1. The van der Waals surface area contributed by atoms with Crippen molar-refractivity contribution in [1.82, 2.24) is 10.2 Å². The molecule has 1 N–H and O–H groups in total. The van der Waals surface area contributed by atoms with E-state index in [0.29, 0.717) is 6.04 Å². The van der Waals surface area contributed by atoms with Crippen molar-refractivity contribution < 1.29 is 4.79 Å². The van der Waals surface area contributed by atoms with Crippen LogP contribution in [0, 0.1) is 12.3 Å². The molecule has 3 heteroatoms. The summed E-state index contributed by atoms with van der Waals surface area (Å²) < 4.78 is 0. The van der Waals surface area contributed by atoms with Gasteiger partial charge in [0.1, 0.15) is 0 Å². The Morgan fingerprint density at radius 2 is 2.43 bits per heavy atom. The highest BCUT2D eigenvalue weighted by Crippen LogP contribution is 2.09. The van der Waals surface area contributed by atoms with Crippen molar-refractivity contribution in [2.75, 3.05) is 13.1 Å². The number of carbonyl (C=O) groups excluding carboxylic acids is 1. The van der Waals surface area contributed by atoms with E-state index < -0.39 is 0 Å². The Balaban J connectivity index is 2.51. The summed E-state index contributed by atoms with van der Waals surface area (Å²) in [5.41, 5.74) is 0. The Morgan fingerprint density at radius 3 is 2.86 bits per heavy atom. The molecule has 1 atom stereocenters. The standard InChI is InChI=1S/C11H18N2O/c1-4-11(14)13(9(2)3)8-10-6-5-7-12-10/h1,9-10,12H,5-8H2,2-3H3. The van der Waals surface area contributed by atoms with Gasteiger partial charge in [-0.1, -0.05) is 0 Å². The van der Waals surface area contributed by atoms with E-state index in [-0.39, 0.29) is 11.9 Å². The highest BCUT2D eigenvalue weighted by atomic mass is 16.2. The normalized spacial score (nSPS) is 20.9. The summed E-state index contributed by atoms with van der Waals surface area (Å²) >= 11 is 0. The molecule has 1 heterocycles. The van der Waals surface area contributed by atoms with Gasteiger partial charge in [-0.25, -0.2) is 0 Å². The monoisotopic (exact) mass is 194 g/mol. The molecule has 78 valence electrons. The van der Waals surface area contributed by atoms with Crippen LogP contribution in [0.15, 0.2) is 0 Å². The average Bonchev–Trinajstić information content (AvgIpc) is 2.65. The van der Waals surface area contributed by atoms with Gasteiger partial charge in [-0.15, -0.1) is 6.42 Å². The number of nitrogens with zero attached hydrogens (tertiary/aromatic N) is 1. The van der Waals surface area contributed by atoms with Crippen LogP contribution in [0.5, 0.6) is 0 Å². The van der Waals surface area contributed by atoms with Gasteiger partial charge in [-0.2, -0.15) is 0 Å². The van der Waals surface area contributed by atoms with Crippen LogP contribution in [-0.2, 0) is 4.79 Å². The molecule has 0 aromatic heterocycles. The molecule has 14 heavy (non-hydrogen) atoms. The van der Waals surface area contributed by atoms with Gasteiger partial charge in [0.2, 0.25) is 0 Å². The summed E-state index contributed by atoms with van der Waals surface area (Å²) in [5, 5.41) is 3.36. The number of nitrogens with one attached hydrogen (secondary N) is 1. The maximum absolute atomic E-state index is 11.4. The zero-order valence-electron chi connectivity index (χ0n) is 8.92. The third kappa shape index (κ3) is 2.74. The van der Waals surface area contributed by atoms with Crippen LogP contribution in [0.4, 0.5) is 0 Å². The van der Waals surface area contributed by atoms with E-state index in [1.165, 1.54) is 6.42 Å². The Morgan fingerprint density at radius 1 is 1.71 bits per heavy atom. The minimum Gasteiger partial charge on any atom is -0.328 e. The molecule has 1 rings (SSSR count). The molecule has 1 amide bonds. The SMILES string of the molecule is C#CC(=O)N(CC1CCCN1)C(C)C.